The van der Waals surface area contributed by atoms with Crippen LogP contribution in [0.2, 0.25) is 0 Å². The molecule has 5 heteroatoms. The Hall–Kier alpha value is -0.550. The summed E-state index contributed by atoms with van der Waals surface area (Å²) in [5.41, 5.74) is 0. The minimum Gasteiger partial charge on any atom is -0.480 e. The molecule has 16 heavy (non-hydrogen) atoms. The molecule has 0 spiro atoms. The summed E-state index contributed by atoms with van der Waals surface area (Å²) in [5.74, 6) is -0.910. The van der Waals surface area contributed by atoms with Gasteiger partial charge < -0.3 is 5.11 Å². The van der Waals surface area contributed by atoms with E-state index in [1.165, 1.54) is 0 Å². The quantitative estimate of drug-likeness (QED) is 0.695. The van der Waals surface area contributed by atoms with Crippen LogP contribution in [0.25, 0.3) is 0 Å². The fourth-order valence-corrected chi connectivity index (χ4v) is 2.46. The molecular weight excluding hydrogens is 226 g/mol. The van der Waals surface area contributed by atoms with Gasteiger partial charge >= 0.3 is 5.97 Å². The molecule has 0 aromatic heterocycles. The normalized spacial score (nSPS) is 23.2. The zero-order valence-electron chi connectivity index (χ0n) is 9.56. The number of thiol groups is 1. The van der Waals surface area contributed by atoms with E-state index in [0.29, 0.717) is 13.0 Å². The van der Waals surface area contributed by atoms with Gasteiger partial charge in [-0.1, -0.05) is 13.3 Å². The van der Waals surface area contributed by atoms with Crippen molar-refractivity contribution < 1.29 is 14.7 Å². The van der Waals surface area contributed by atoms with E-state index in [0.717, 1.165) is 25.8 Å². The van der Waals surface area contributed by atoms with Gasteiger partial charge in [-0.05, 0) is 25.8 Å². The zero-order valence-corrected chi connectivity index (χ0v) is 10.4. The molecule has 4 nitrogen and oxygen atoms in total. The largest absolute Gasteiger partial charge is 0.480 e. The third-order valence-electron chi connectivity index (χ3n) is 3.09. The Labute approximate surface area is 101 Å². The molecule has 1 saturated heterocycles. The van der Waals surface area contributed by atoms with Crippen LogP contribution in [-0.2, 0) is 9.59 Å². The van der Waals surface area contributed by atoms with Crippen LogP contribution in [0, 0.1) is 5.92 Å². The Kier molecular flexibility index (Phi) is 5.28. The smallest absolute Gasteiger partial charge is 0.320 e. The van der Waals surface area contributed by atoms with Gasteiger partial charge in [0.05, 0.1) is 0 Å². The first-order valence-corrected chi connectivity index (χ1v) is 6.20. The van der Waals surface area contributed by atoms with Gasteiger partial charge in [0.2, 0.25) is 0 Å². The summed E-state index contributed by atoms with van der Waals surface area (Å²) in [5, 5.41) is 8.89. The second-order valence-electron chi connectivity index (χ2n) is 4.32. The minimum atomic E-state index is -0.778. The minimum absolute atomic E-state index is 0.127. The lowest BCUT2D eigenvalue weighted by atomic mass is 10.0. The summed E-state index contributed by atoms with van der Waals surface area (Å²) in [7, 11) is 0. The van der Waals surface area contributed by atoms with E-state index in [1.807, 2.05) is 11.8 Å². The van der Waals surface area contributed by atoms with Gasteiger partial charge in [0.25, 0.3) is 0 Å². The molecule has 0 radical (unpaired) electrons. The number of carbonyl (C=O) groups excluding carboxylic acids is 1. The van der Waals surface area contributed by atoms with Crippen LogP contribution in [-0.4, -0.2) is 40.2 Å². The number of nitrogens with zero attached hydrogens (tertiary/aromatic N) is 1. The number of carbonyl (C=O) groups is 2. The van der Waals surface area contributed by atoms with Crippen molar-refractivity contribution in [3.8, 4) is 0 Å². The van der Waals surface area contributed by atoms with E-state index in [4.69, 9.17) is 5.11 Å². The van der Waals surface area contributed by atoms with Gasteiger partial charge in [0.1, 0.15) is 6.04 Å². The van der Waals surface area contributed by atoms with Crippen LogP contribution in [0.3, 0.4) is 0 Å². The molecule has 1 N–H and O–H groups in total. The van der Waals surface area contributed by atoms with Crippen LogP contribution < -0.4 is 0 Å². The van der Waals surface area contributed by atoms with Crippen LogP contribution in [0.4, 0.5) is 0 Å². The number of carboxylic acid groups (broad SMARTS) is 1. The Morgan fingerprint density at radius 3 is 2.75 bits per heavy atom. The molecule has 1 fully saturated rings. The first-order chi connectivity index (χ1) is 7.56. The van der Waals surface area contributed by atoms with Crippen molar-refractivity contribution >= 4 is 23.7 Å². The molecule has 0 aromatic rings. The molecule has 1 aliphatic rings. The fourth-order valence-electron chi connectivity index (χ4n) is 2.25. The monoisotopic (exact) mass is 245 g/mol. The number of likely N-dealkylation sites (tertiary alicyclic amines) is 1. The van der Waals surface area contributed by atoms with E-state index in [1.54, 1.807) is 0 Å². The highest BCUT2D eigenvalue weighted by Crippen LogP contribution is 2.21. The Morgan fingerprint density at radius 2 is 2.25 bits per heavy atom. The van der Waals surface area contributed by atoms with E-state index >= 15 is 0 Å². The SMILES string of the molecule is CCCC(CN1CCC[C@H]1C(=O)O)C(=O)S. The molecule has 1 aliphatic heterocycles. The summed E-state index contributed by atoms with van der Waals surface area (Å²) in [6.07, 6.45) is 3.29. The second kappa shape index (κ2) is 6.25. The molecule has 92 valence electrons. The highest BCUT2D eigenvalue weighted by Gasteiger charge is 2.32. The standard InChI is InChI=1S/C11H19NO3S/c1-2-4-8(11(15)16)7-12-6-3-5-9(12)10(13)14/h8-9H,2-7H2,1H3,(H,13,14)(H,15,16)/t8?,9-/m0/s1. The first-order valence-electron chi connectivity index (χ1n) is 5.76. The maximum atomic E-state index is 11.3. The summed E-state index contributed by atoms with van der Waals surface area (Å²) >= 11 is 3.87. The molecule has 0 bridgehead atoms. The van der Waals surface area contributed by atoms with E-state index in [-0.39, 0.29) is 11.0 Å². The lowest BCUT2D eigenvalue weighted by Gasteiger charge is -2.24. The summed E-state index contributed by atoms with van der Waals surface area (Å²) in [6, 6.07) is -0.410. The fraction of sp³-hybridized carbons (Fsp3) is 0.818. The predicted octanol–water partition coefficient (Wildman–Crippen LogP) is 1.41. The maximum absolute atomic E-state index is 11.3. The lowest BCUT2D eigenvalue weighted by molar-refractivity contribution is -0.142. The zero-order chi connectivity index (χ0) is 12.1. The average Bonchev–Trinajstić information content (AvgIpc) is 2.65. The van der Waals surface area contributed by atoms with Crippen LogP contribution in [0.1, 0.15) is 32.6 Å². The van der Waals surface area contributed by atoms with Gasteiger partial charge in [0.15, 0.2) is 5.12 Å². The summed E-state index contributed by atoms with van der Waals surface area (Å²) in [4.78, 5) is 24.2. The van der Waals surface area contributed by atoms with Crippen molar-refractivity contribution in [3.63, 3.8) is 0 Å². The molecule has 1 rings (SSSR count). The number of aliphatic carboxylic acids is 1. The van der Waals surface area contributed by atoms with Gasteiger partial charge in [-0.2, -0.15) is 0 Å². The van der Waals surface area contributed by atoms with E-state index < -0.39 is 12.0 Å². The highest BCUT2D eigenvalue weighted by atomic mass is 32.1. The average molecular weight is 245 g/mol. The molecule has 1 unspecified atom stereocenters. The van der Waals surface area contributed by atoms with Crippen molar-refractivity contribution in [3.05, 3.63) is 0 Å². The molecule has 0 amide bonds. The topological polar surface area (TPSA) is 57.6 Å². The molecule has 0 saturated carbocycles. The third-order valence-corrected chi connectivity index (χ3v) is 3.46. The number of hydrogen-bond donors (Lipinski definition) is 2. The van der Waals surface area contributed by atoms with Crippen LogP contribution in [0.15, 0.2) is 0 Å². The molecular formula is C11H19NO3S. The lowest BCUT2D eigenvalue weighted by Crippen LogP contribution is -2.40. The Morgan fingerprint density at radius 1 is 1.56 bits per heavy atom. The van der Waals surface area contributed by atoms with Crippen molar-refractivity contribution in [1.29, 1.82) is 0 Å². The van der Waals surface area contributed by atoms with Crippen molar-refractivity contribution in [2.45, 2.75) is 38.6 Å². The third kappa shape index (κ3) is 3.49. The summed E-state index contributed by atoms with van der Waals surface area (Å²) < 4.78 is 0. The summed E-state index contributed by atoms with van der Waals surface area (Å²) in [6.45, 7) is 3.33. The predicted molar refractivity (Wildman–Crippen MR) is 64.6 cm³/mol. The van der Waals surface area contributed by atoms with Crippen LogP contribution in [0.5, 0.6) is 0 Å². The van der Waals surface area contributed by atoms with Gasteiger partial charge in [0, 0.05) is 12.5 Å². The van der Waals surface area contributed by atoms with Crippen molar-refractivity contribution in [2.24, 2.45) is 5.92 Å². The van der Waals surface area contributed by atoms with E-state index in [9.17, 15) is 9.59 Å². The van der Waals surface area contributed by atoms with Crippen molar-refractivity contribution in [2.75, 3.05) is 13.1 Å². The molecule has 2 atom stereocenters. The first kappa shape index (κ1) is 13.5. The molecule has 0 aliphatic carbocycles. The van der Waals surface area contributed by atoms with Crippen LogP contribution >= 0.6 is 12.6 Å². The van der Waals surface area contributed by atoms with Gasteiger partial charge in [-0.15, -0.1) is 12.6 Å². The highest BCUT2D eigenvalue weighted by molar-refractivity contribution is 7.96. The molecule has 1 heterocycles. The number of hydrogen-bond acceptors (Lipinski definition) is 3. The van der Waals surface area contributed by atoms with E-state index in [2.05, 4.69) is 12.6 Å². The Balaban J connectivity index is 2.56. The van der Waals surface area contributed by atoms with Gasteiger partial charge in [-0.3, -0.25) is 14.5 Å². The van der Waals surface area contributed by atoms with Crippen molar-refractivity contribution in [1.82, 2.24) is 4.90 Å². The number of carboxylic acids is 1. The number of rotatable bonds is 6. The van der Waals surface area contributed by atoms with Gasteiger partial charge in [-0.25, -0.2) is 0 Å². The molecule has 0 aromatic carbocycles. The Bertz CT molecular complexity index is 270. The second-order valence-corrected chi connectivity index (χ2v) is 4.76. The maximum Gasteiger partial charge on any atom is 0.320 e.